The van der Waals surface area contributed by atoms with Crippen LogP contribution in [0.4, 0.5) is 5.69 Å². The zero-order valence-corrected chi connectivity index (χ0v) is 11.2. The van der Waals surface area contributed by atoms with Crippen LogP contribution >= 0.6 is 0 Å². The molecule has 1 amide bonds. The van der Waals surface area contributed by atoms with E-state index in [0.29, 0.717) is 18.5 Å². The Hall–Kier alpha value is -1.95. The van der Waals surface area contributed by atoms with E-state index in [9.17, 15) is 9.59 Å². The number of carbonyl (C=O) groups excluding carboxylic acids is 1. The lowest BCUT2D eigenvalue weighted by Gasteiger charge is -2.22. The van der Waals surface area contributed by atoms with Crippen LogP contribution in [-0.2, 0) is 9.53 Å². The molecule has 108 valence electrons. The second-order valence-corrected chi connectivity index (χ2v) is 4.84. The van der Waals surface area contributed by atoms with Gasteiger partial charge in [-0.05, 0) is 31.7 Å². The van der Waals surface area contributed by atoms with Crippen molar-refractivity contribution >= 4 is 17.6 Å². The molecule has 2 rings (SSSR count). The van der Waals surface area contributed by atoms with Gasteiger partial charge in [0.05, 0.1) is 23.6 Å². The Morgan fingerprint density at radius 2 is 2.25 bits per heavy atom. The van der Waals surface area contributed by atoms with Crippen LogP contribution in [0.1, 0.15) is 42.5 Å². The fraction of sp³-hybridized carbons (Fsp3) is 0.500. The number of pyridine rings is 1. The molecule has 1 fully saturated rings. The van der Waals surface area contributed by atoms with E-state index in [-0.39, 0.29) is 17.6 Å². The van der Waals surface area contributed by atoms with Crippen molar-refractivity contribution in [2.75, 3.05) is 11.9 Å². The van der Waals surface area contributed by atoms with Crippen molar-refractivity contribution in [3.05, 3.63) is 24.0 Å². The average Bonchev–Trinajstić information content (AvgIpc) is 2.46. The lowest BCUT2D eigenvalue weighted by molar-refractivity contribution is -0.117. The number of carbonyl (C=O) groups is 2. The minimum Gasteiger partial charge on any atom is -0.478 e. The maximum absolute atomic E-state index is 11.8. The minimum absolute atomic E-state index is 0.0541. The van der Waals surface area contributed by atoms with Gasteiger partial charge in [-0.1, -0.05) is 0 Å². The van der Waals surface area contributed by atoms with E-state index in [1.165, 1.54) is 18.5 Å². The zero-order chi connectivity index (χ0) is 14.4. The molecule has 1 aromatic heterocycles. The number of hydrogen-bond donors (Lipinski definition) is 2. The molecule has 6 nitrogen and oxygen atoms in total. The number of carboxylic acid groups (broad SMARTS) is 1. The Balaban J connectivity index is 1.81. The normalized spacial score (nSPS) is 18.5. The fourth-order valence-electron chi connectivity index (χ4n) is 2.18. The van der Waals surface area contributed by atoms with E-state index in [0.717, 1.165) is 25.9 Å². The average molecular weight is 278 g/mol. The van der Waals surface area contributed by atoms with E-state index >= 15 is 0 Å². The van der Waals surface area contributed by atoms with Gasteiger partial charge in [-0.15, -0.1) is 0 Å². The molecule has 6 heteroatoms. The highest BCUT2D eigenvalue weighted by Gasteiger charge is 2.15. The van der Waals surface area contributed by atoms with Gasteiger partial charge in [0.1, 0.15) is 0 Å². The maximum atomic E-state index is 11.8. The topological polar surface area (TPSA) is 88.5 Å². The molecule has 1 atom stereocenters. The highest BCUT2D eigenvalue weighted by atomic mass is 16.5. The standard InChI is InChI=1S/C14H18N2O4/c17-13(5-4-12-3-1-2-6-20-12)16-11-7-10(14(18)19)8-15-9-11/h7-9,12H,1-6H2,(H,16,17)(H,18,19). The van der Waals surface area contributed by atoms with Crippen LogP contribution in [0.5, 0.6) is 0 Å². The van der Waals surface area contributed by atoms with Gasteiger partial charge < -0.3 is 15.2 Å². The molecular weight excluding hydrogens is 260 g/mol. The predicted molar refractivity (Wildman–Crippen MR) is 72.7 cm³/mol. The van der Waals surface area contributed by atoms with E-state index in [4.69, 9.17) is 9.84 Å². The Morgan fingerprint density at radius 1 is 1.40 bits per heavy atom. The summed E-state index contributed by atoms with van der Waals surface area (Å²) in [7, 11) is 0. The number of hydrogen-bond acceptors (Lipinski definition) is 4. The molecule has 20 heavy (non-hydrogen) atoms. The molecule has 0 radical (unpaired) electrons. The number of amides is 1. The predicted octanol–water partition coefficient (Wildman–Crippen LogP) is 2.07. The molecule has 1 unspecified atom stereocenters. The molecule has 1 saturated heterocycles. The van der Waals surface area contributed by atoms with Gasteiger partial charge in [-0.3, -0.25) is 9.78 Å². The van der Waals surface area contributed by atoms with Gasteiger partial charge in [0.25, 0.3) is 0 Å². The van der Waals surface area contributed by atoms with Crippen molar-refractivity contribution in [2.45, 2.75) is 38.2 Å². The molecule has 1 aliphatic rings. The number of anilines is 1. The number of ether oxygens (including phenoxy) is 1. The molecular formula is C14H18N2O4. The summed E-state index contributed by atoms with van der Waals surface area (Å²) in [6, 6.07) is 1.39. The van der Waals surface area contributed by atoms with Crippen LogP contribution in [0.3, 0.4) is 0 Å². The van der Waals surface area contributed by atoms with Crippen LogP contribution in [0, 0.1) is 0 Å². The maximum Gasteiger partial charge on any atom is 0.337 e. The molecule has 1 aliphatic heterocycles. The van der Waals surface area contributed by atoms with E-state index in [1.807, 2.05) is 0 Å². The van der Waals surface area contributed by atoms with Gasteiger partial charge in [-0.25, -0.2) is 4.79 Å². The van der Waals surface area contributed by atoms with Crippen LogP contribution in [0.15, 0.2) is 18.5 Å². The monoisotopic (exact) mass is 278 g/mol. The molecule has 2 N–H and O–H groups in total. The van der Waals surface area contributed by atoms with Gasteiger partial charge >= 0.3 is 5.97 Å². The van der Waals surface area contributed by atoms with E-state index < -0.39 is 5.97 Å². The van der Waals surface area contributed by atoms with Gasteiger partial charge in [0.2, 0.25) is 5.91 Å². The molecule has 1 aromatic rings. The van der Waals surface area contributed by atoms with Crippen molar-refractivity contribution in [1.82, 2.24) is 4.98 Å². The summed E-state index contributed by atoms with van der Waals surface area (Å²) in [5.74, 6) is -1.22. The molecule has 0 bridgehead atoms. The van der Waals surface area contributed by atoms with Crippen LogP contribution in [0.25, 0.3) is 0 Å². The SMILES string of the molecule is O=C(CCC1CCCCO1)Nc1cncc(C(=O)O)c1. The number of aromatic nitrogens is 1. The fourth-order valence-corrected chi connectivity index (χ4v) is 2.18. The third-order valence-electron chi connectivity index (χ3n) is 3.24. The van der Waals surface area contributed by atoms with E-state index in [2.05, 4.69) is 10.3 Å². The van der Waals surface area contributed by atoms with Gasteiger partial charge in [0.15, 0.2) is 0 Å². The number of aromatic carboxylic acids is 1. The third-order valence-corrected chi connectivity index (χ3v) is 3.24. The highest BCUT2D eigenvalue weighted by Crippen LogP contribution is 2.17. The third kappa shape index (κ3) is 4.31. The molecule has 0 aliphatic carbocycles. The van der Waals surface area contributed by atoms with Crippen molar-refractivity contribution in [3.63, 3.8) is 0 Å². The Labute approximate surface area is 117 Å². The van der Waals surface area contributed by atoms with Crippen LogP contribution in [-0.4, -0.2) is 34.7 Å². The van der Waals surface area contributed by atoms with Crippen LogP contribution < -0.4 is 5.32 Å². The summed E-state index contributed by atoms with van der Waals surface area (Å²) in [4.78, 5) is 26.4. The minimum atomic E-state index is -1.07. The van der Waals surface area contributed by atoms with Crippen molar-refractivity contribution in [1.29, 1.82) is 0 Å². The summed E-state index contributed by atoms with van der Waals surface area (Å²) in [6.07, 6.45) is 7.14. The zero-order valence-electron chi connectivity index (χ0n) is 11.2. The lowest BCUT2D eigenvalue weighted by Crippen LogP contribution is -2.21. The summed E-state index contributed by atoms with van der Waals surface area (Å²) >= 11 is 0. The van der Waals surface area contributed by atoms with Gasteiger partial charge in [-0.2, -0.15) is 0 Å². The van der Waals surface area contributed by atoms with E-state index in [1.54, 1.807) is 0 Å². The lowest BCUT2D eigenvalue weighted by atomic mass is 10.0. The molecule has 2 heterocycles. The van der Waals surface area contributed by atoms with Crippen LogP contribution in [0.2, 0.25) is 0 Å². The molecule has 0 aromatic carbocycles. The molecule has 0 saturated carbocycles. The second kappa shape index (κ2) is 7.00. The van der Waals surface area contributed by atoms with Crippen molar-refractivity contribution in [3.8, 4) is 0 Å². The summed E-state index contributed by atoms with van der Waals surface area (Å²) in [5, 5.41) is 11.5. The molecule has 0 spiro atoms. The highest BCUT2D eigenvalue weighted by molar-refractivity contribution is 5.93. The Morgan fingerprint density at radius 3 is 2.95 bits per heavy atom. The summed E-state index contributed by atoms with van der Waals surface area (Å²) < 4.78 is 5.56. The number of nitrogens with zero attached hydrogens (tertiary/aromatic N) is 1. The number of carboxylic acids is 1. The quantitative estimate of drug-likeness (QED) is 0.860. The Kier molecular flexibility index (Phi) is 5.06. The number of rotatable bonds is 5. The number of nitrogens with one attached hydrogen (secondary N) is 1. The van der Waals surface area contributed by atoms with Crippen molar-refractivity contribution < 1.29 is 19.4 Å². The smallest absolute Gasteiger partial charge is 0.337 e. The summed E-state index contributed by atoms with van der Waals surface area (Å²) in [6.45, 7) is 0.775. The first-order valence-corrected chi connectivity index (χ1v) is 6.75. The largest absolute Gasteiger partial charge is 0.478 e. The van der Waals surface area contributed by atoms with Crippen molar-refractivity contribution in [2.24, 2.45) is 0 Å². The first-order valence-electron chi connectivity index (χ1n) is 6.75. The summed E-state index contributed by atoms with van der Waals surface area (Å²) in [5.41, 5.74) is 0.456. The first kappa shape index (κ1) is 14.5. The van der Waals surface area contributed by atoms with Gasteiger partial charge in [0, 0.05) is 19.2 Å². The second-order valence-electron chi connectivity index (χ2n) is 4.84. The Bertz CT molecular complexity index is 484. The first-order chi connectivity index (χ1) is 9.65.